The summed E-state index contributed by atoms with van der Waals surface area (Å²) < 4.78 is 8.32. The maximum Gasteiger partial charge on any atom is 0.122 e. The molecule has 1 atom stereocenters. The molecule has 1 aliphatic rings. The van der Waals surface area contributed by atoms with Crippen molar-refractivity contribution in [3.63, 3.8) is 0 Å². The van der Waals surface area contributed by atoms with Crippen LogP contribution < -0.4 is 10.1 Å². The fourth-order valence-corrected chi connectivity index (χ4v) is 3.29. The minimum atomic E-state index is 0.325. The Kier molecular flexibility index (Phi) is 3.70. The van der Waals surface area contributed by atoms with Crippen LogP contribution in [-0.4, -0.2) is 16.9 Å². The normalized spacial score (nSPS) is 17.6. The average Bonchev–Trinajstić information content (AvgIpc) is 2.81. The molecule has 0 bridgehead atoms. The van der Waals surface area contributed by atoms with E-state index < -0.39 is 0 Å². The molecule has 1 aromatic carbocycles. The zero-order valence-electron chi connectivity index (χ0n) is 11.7. The molecule has 3 rings (SSSR count). The lowest BCUT2D eigenvalue weighted by Crippen LogP contribution is -2.17. The third-order valence-corrected chi connectivity index (χ3v) is 4.28. The quantitative estimate of drug-likeness (QED) is 0.929. The predicted octanol–water partition coefficient (Wildman–Crippen LogP) is 3.68. The highest BCUT2D eigenvalue weighted by Gasteiger charge is 2.23. The highest BCUT2D eigenvalue weighted by molar-refractivity contribution is 9.10. The van der Waals surface area contributed by atoms with Crippen LogP contribution in [0, 0.1) is 0 Å². The first-order chi connectivity index (χ1) is 9.67. The summed E-state index contributed by atoms with van der Waals surface area (Å²) in [5, 5.41) is 7.99. The highest BCUT2D eigenvalue weighted by atomic mass is 79.9. The second-order valence-electron chi connectivity index (χ2n) is 5.14. The summed E-state index contributed by atoms with van der Waals surface area (Å²) in [7, 11) is 3.70. The van der Waals surface area contributed by atoms with Crippen molar-refractivity contribution in [2.45, 2.75) is 25.3 Å². The summed E-state index contributed by atoms with van der Waals surface area (Å²) in [5.74, 6) is 0.851. The zero-order chi connectivity index (χ0) is 14.1. The van der Waals surface area contributed by atoms with Crippen molar-refractivity contribution in [3.8, 4) is 5.75 Å². The van der Waals surface area contributed by atoms with Crippen molar-refractivity contribution in [1.29, 1.82) is 0 Å². The van der Waals surface area contributed by atoms with Gasteiger partial charge in [0, 0.05) is 34.5 Å². The molecule has 106 valence electrons. The summed E-state index contributed by atoms with van der Waals surface area (Å²) in [4.78, 5) is 0. The second kappa shape index (κ2) is 5.48. The molecule has 4 nitrogen and oxygen atoms in total. The van der Waals surface area contributed by atoms with Crippen molar-refractivity contribution < 1.29 is 4.74 Å². The highest BCUT2D eigenvalue weighted by Crippen LogP contribution is 2.34. The smallest absolute Gasteiger partial charge is 0.122 e. The van der Waals surface area contributed by atoms with Gasteiger partial charge in [-0.3, -0.25) is 4.68 Å². The first-order valence-electron chi connectivity index (χ1n) is 6.79. The van der Waals surface area contributed by atoms with Crippen molar-refractivity contribution in [3.05, 3.63) is 40.1 Å². The van der Waals surface area contributed by atoms with Crippen LogP contribution in [0.5, 0.6) is 5.75 Å². The van der Waals surface area contributed by atoms with E-state index in [1.165, 1.54) is 17.7 Å². The van der Waals surface area contributed by atoms with E-state index in [1.54, 1.807) is 7.11 Å². The first-order valence-corrected chi connectivity index (χ1v) is 7.58. The SMILES string of the molecule is COc1cc(Br)cc(NC2CCCc3c2cnn3C)c1. The number of hydrogen-bond donors (Lipinski definition) is 1. The number of nitrogens with zero attached hydrogens (tertiary/aromatic N) is 2. The molecular formula is C15H18BrN3O. The fourth-order valence-electron chi connectivity index (χ4n) is 2.82. The average molecular weight is 336 g/mol. The van der Waals surface area contributed by atoms with E-state index in [4.69, 9.17) is 4.74 Å². The molecule has 1 aromatic heterocycles. The van der Waals surface area contributed by atoms with Crippen LogP contribution >= 0.6 is 15.9 Å². The molecule has 2 aromatic rings. The van der Waals surface area contributed by atoms with Gasteiger partial charge in [0.1, 0.15) is 5.75 Å². The first kappa shape index (κ1) is 13.5. The van der Waals surface area contributed by atoms with Crippen LogP contribution in [0.2, 0.25) is 0 Å². The Morgan fingerprint density at radius 3 is 3.05 bits per heavy atom. The van der Waals surface area contributed by atoms with Gasteiger partial charge in [0.2, 0.25) is 0 Å². The number of ether oxygens (including phenoxy) is 1. The van der Waals surface area contributed by atoms with Crippen LogP contribution in [0.1, 0.15) is 30.1 Å². The summed E-state index contributed by atoms with van der Waals surface area (Å²) >= 11 is 3.52. The molecule has 1 aliphatic carbocycles. The van der Waals surface area contributed by atoms with Gasteiger partial charge in [-0.1, -0.05) is 15.9 Å². The standard InChI is InChI=1S/C15H18BrN3O/c1-19-15-5-3-4-14(13(15)9-17-19)18-11-6-10(16)7-12(8-11)20-2/h6-9,14,18H,3-5H2,1-2H3. The lowest BCUT2D eigenvalue weighted by molar-refractivity contribution is 0.414. The molecule has 0 saturated carbocycles. The molecule has 1 N–H and O–H groups in total. The van der Waals surface area contributed by atoms with Gasteiger partial charge in [-0.15, -0.1) is 0 Å². The fraction of sp³-hybridized carbons (Fsp3) is 0.400. The van der Waals surface area contributed by atoms with Crippen molar-refractivity contribution >= 4 is 21.6 Å². The maximum absolute atomic E-state index is 5.31. The number of fused-ring (bicyclic) bond motifs is 1. The largest absolute Gasteiger partial charge is 0.497 e. The van der Waals surface area contributed by atoms with E-state index in [2.05, 4.69) is 32.4 Å². The summed E-state index contributed by atoms with van der Waals surface area (Å²) in [6.07, 6.45) is 5.43. The molecule has 0 fully saturated rings. The Bertz CT molecular complexity index is 624. The molecule has 1 heterocycles. The Balaban J connectivity index is 1.87. The number of aryl methyl sites for hydroxylation is 1. The van der Waals surface area contributed by atoms with Crippen molar-refractivity contribution in [1.82, 2.24) is 9.78 Å². The number of halogens is 1. The number of benzene rings is 1. The van der Waals surface area contributed by atoms with Gasteiger partial charge >= 0.3 is 0 Å². The maximum atomic E-state index is 5.31. The Morgan fingerprint density at radius 2 is 2.25 bits per heavy atom. The van der Waals surface area contributed by atoms with E-state index in [9.17, 15) is 0 Å². The third-order valence-electron chi connectivity index (χ3n) is 3.82. The molecule has 20 heavy (non-hydrogen) atoms. The number of nitrogens with one attached hydrogen (secondary N) is 1. The van der Waals surface area contributed by atoms with E-state index in [-0.39, 0.29) is 0 Å². The number of anilines is 1. The van der Waals surface area contributed by atoms with E-state index in [0.29, 0.717) is 6.04 Å². The minimum absolute atomic E-state index is 0.325. The van der Waals surface area contributed by atoms with Gasteiger partial charge < -0.3 is 10.1 Å². The summed E-state index contributed by atoms with van der Waals surface area (Å²) in [6.45, 7) is 0. The molecule has 0 spiro atoms. The second-order valence-corrected chi connectivity index (χ2v) is 6.05. The molecular weight excluding hydrogens is 318 g/mol. The predicted molar refractivity (Wildman–Crippen MR) is 83.2 cm³/mol. The van der Waals surface area contributed by atoms with Gasteiger partial charge in [-0.05, 0) is 31.4 Å². The van der Waals surface area contributed by atoms with Crippen molar-refractivity contribution in [2.75, 3.05) is 12.4 Å². The summed E-state index contributed by atoms with van der Waals surface area (Å²) in [6, 6.07) is 6.39. The number of hydrogen-bond acceptors (Lipinski definition) is 3. The lowest BCUT2D eigenvalue weighted by atomic mass is 9.93. The Morgan fingerprint density at radius 1 is 1.40 bits per heavy atom. The Labute approximate surface area is 127 Å². The summed E-state index contributed by atoms with van der Waals surface area (Å²) in [5.41, 5.74) is 3.73. The van der Waals surface area contributed by atoms with Crippen LogP contribution in [0.4, 0.5) is 5.69 Å². The number of methoxy groups -OCH3 is 1. The minimum Gasteiger partial charge on any atom is -0.497 e. The number of aromatic nitrogens is 2. The van der Waals surface area contributed by atoms with Crippen LogP contribution in [0.15, 0.2) is 28.9 Å². The molecule has 0 amide bonds. The molecule has 0 saturated heterocycles. The molecule has 0 radical (unpaired) electrons. The van der Waals surface area contributed by atoms with Crippen molar-refractivity contribution in [2.24, 2.45) is 7.05 Å². The van der Waals surface area contributed by atoms with Crippen LogP contribution in [-0.2, 0) is 13.5 Å². The van der Waals surface area contributed by atoms with Gasteiger partial charge in [-0.2, -0.15) is 5.10 Å². The molecule has 1 unspecified atom stereocenters. The van der Waals surface area contributed by atoms with E-state index in [0.717, 1.165) is 28.8 Å². The van der Waals surface area contributed by atoms with E-state index >= 15 is 0 Å². The lowest BCUT2D eigenvalue weighted by Gasteiger charge is -2.25. The van der Waals surface area contributed by atoms with Gasteiger partial charge in [-0.25, -0.2) is 0 Å². The molecule has 5 heteroatoms. The van der Waals surface area contributed by atoms with Gasteiger partial charge in [0.15, 0.2) is 0 Å². The van der Waals surface area contributed by atoms with Crippen LogP contribution in [0.3, 0.4) is 0 Å². The van der Waals surface area contributed by atoms with Crippen LogP contribution in [0.25, 0.3) is 0 Å². The monoisotopic (exact) mass is 335 g/mol. The van der Waals surface area contributed by atoms with Gasteiger partial charge in [0.05, 0.1) is 19.3 Å². The zero-order valence-corrected chi connectivity index (χ0v) is 13.3. The third kappa shape index (κ3) is 2.54. The topological polar surface area (TPSA) is 39.1 Å². The van der Waals surface area contributed by atoms with Gasteiger partial charge in [0.25, 0.3) is 0 Å². The van der Waals surface area contributed by atoms with E-state index in [1.807, 2.05) is 30.1 Å². The number of rotatable bonds is 3. The molecule has 0 aliphatic heterocycles. The Hall–Kier alpha value is -1.49.